The van der Waals surface area contributed by atoms with E-state index in [-0.39, 0.29) is 0 Å². The molecule has 2 rings (SSSR count). The highest BCUT2D eigenvalue weighted by Gasteiger charge is 2.13. The first kappa shape index (κ1) is 7.85. The summed E-state index contributed by atoms with van der Waals surface area (Å²) in [6.07, 6.45) is 1.02. The normalized spacial score (nSPS) is 13.1. The highest BCUT2D eigenvalue weighted by molar-refractivity contribution is 7.09. The Morgan fingerprint density at radius 2 is 2.33 bits per heavy atom. The van der Waals surface area contributed by atoms with Crippen LogP contribution in [0.5, 0.6) is 0 Å². The van der Waals surface area contributed by atoms with Crippen LogP contribution < -0.4 is 0 Å². The number of aromatic nitrogens is 2. The summed E-state index contributed by atoms with van der Waals surface area (Å²) in [5, 5.41) is 14.0. The van der Waals surface area contributed by atoms with E-state index in [2.05, 4.69) is 9.36 Å². The summed E-state index contributed by atoms with van der Waals surface area (Å²) in [6, 6.07) is 1.80. The first-order valence-electron chi connectivity index (χ1n) is 3.35. The highest BCUT2D eigenvalue weighted by atomic mass is 32.1. The predicted molar refractivity (Wildman–Crippen MR) is 48.3 cm³/mol. The summed E-state index contributed by atoms with van der Waals surface area (Å²) in [6.45, 7) is 0. The van der Waals surface area contributed by atoms with E-state index < -0.39 is 6.10 Å². The van der Waals surface area contributed by atoms with Crippen LogP contribution in [0.2, 0.25) is 0 Å². The number of rotatable bonds is 2. The molecule has 2 aromatic rings. The molecule has 0 bridgehead atoms. The van der Waals surface area contributed by atoms with Crippen LogP contribution in [-0.4, -0.2) is 14.5 Å². The molecule has 0 spiro atoms. The molecule has 0 aliphatic carbocycles. The monoisotopic (exact) mass is 198 g/mol. The van der Waals surface area contributed by atoms with Crippen LogP contribution in [0.25, 0.3) is 0 Å². The second-order valence-electron chi connectivity index (χ2n) is 2.20. The Morgan fingerprint density at radius 3 is 2.92 bits per heavy atom. The van der Waals surface area contributed by atoms with Gasteiger partial charge in [-0.15, -0.1) is 11.3 Å². The molecule has 2 aromatic heterocycles. The summed E-state index contributed by atoms with van der Waals surface area (Å²) in [7, 11) is 0. The highest BCUT2D eigenvalue weighted by Crippen LogP contribution is 2.22. The molecule has 12 heavy (non-hydrogen) atoms. The third kappa shape index (κ3) is 1.38. The minimum absolute atomic E-state index is 0.656. The summed E-state index contributed by atoms with van der Waals surface area (Å²) < 4.78 is 4.03. The minimum atomic E-state index is -0.656. The van der Waals surface area contributed by atoms with Crippen LogP contribution >= 0.6 is 22.9 Å². The first-order chi connectivity index (χ1) is 5.88. The van der Waals surface area contributed by atoms with Gasteiger partial charge in [0.25, 0.3) is 0 Å². The molecular weight excluding hydrogens is 192 g/mol. The second kappa shape index (κ2) is 3.30. The van der Waals surface area contributed by atoms with E-state index in [0.717, 1.165) is 0 Å². The van der Waals surface area contributed by atoms with Gasteiger partial charge >= 0.3 is 0 Å². The van der Waals surface area contributed by atoms with Crippen LogP contribution in [0.3, 0.4) is 0 Å². The van der Waals surface area contributed by atoms with Gasteiger partial charge in [-0.25, -0.2) is 4.98 Å². The maximum absolute atomic E-state index is 9.66. The Bertz CT molecular complexity index is 296. The van der Waals surface area contributed by atoms with Gasteiger partial charge in [0, 0.05) is 17.0 Å². The molecule has 0 aliphatic heterocycles. The average Bonchev–Trinajstić information content (AvgIpc) is 2.77. The van der Waals surface area contributed by atoms with Crippen molar-refractivity contribution in [2.24, 2.45) is 0 Å². The van der Waals surface area contributed by atoms with Gasteiger partial charge in [0.15, 0.2) is 0 Å². The topological polar surface area (TPSA) is 46.0 Å². The molecule has 0 saturated carbocycles. The molecule has 1 N–H and O–H groups in total. The van der Waals surface area contributed by atoms with Crippen molar-refractivity contribution in [2.75, 3.05) is 0 Å². The zero-order chi connectivity index (χ0) is 8.39. The Hall–Kier alpha value is -0.780. The molecule has 2 heterocycles. The van der Waals surface area contributed by atoms with E-state index in [1.165, 1.54) is 22.9 Å². The number of aliphatic hydroxyl groups excluding tert-OH is 1. The fourth-order valence-corrected chi connectivity index (χ4v) is 2.04. The Morgan fingerprint density at radius 1 is 1.42 bits per heavy atom. The number of nitrogens with zero attached hydrogens (tertiary/aromatic N) is 2. The van der Waals surface area contributed by atoms with Gasteiger partial charge in [0.05, 0.1) is 5.69 Å². The molecular formula is C7H6N2OS2. The third-order valence-corrected chi connectivity index (χ3v) is 2.83. The molecule has 0 aromatic carbocycles. The van der Waals surface area contributed by atoms with Gasteiger partial charge < -0.3 is 5.11 Å². The fourth-order valence-electron chi connectivity index (χ4n) is 0.859. The van der Waals surface area contributed by atoms with E-state index in [0.29, 0.717) is 10.7 Å². The zero-order valence-corrected chi connectivity index (χ0v) is 7.68. The van der Waals surface area contributed by atoms with E-state index in [1.54, 1.807) is 12.3 Å². The lowest BCUT2D eigenvalue weighted by molar-refractivity contribution is 0.216. The molecule has 0 radical (unpaired) electrons. The van der Waals surface area contributed by atoms with Crippen LogP contribution in [0.4, 0.5) is 0 Å². The Kier molecular flexibility index (Phi) is 2.16. The standard InChI is InChI=1S/C7H6N2OS2/c10-6(5-1-3-12-9-5)7-8-2-4-11-7/h1-4,6,10H. The minimum Gasteiger partial charge on any atom is -0.379 e. The number of hydrogen-bond donors (Lipinski definition) is 1. The van der Waals surface area contributed by atoms with Gasteiger partial charge in [0.1, 0.15) is 11.1 Å². The van der Waals surface area contributed by atoms with Crippen LogP contribution in [0.1, 0.15) is 16.8 Å². The quantitative estimate of drug-likeness (QED) is 0.798. The SMILES string of the molecule is OC(c1ccsn1)c1nccs1. The van der Waals surface area contributed by atoms with Gasteiger partial charge in [-0.3, -0.25) is 0 Å². The van der Waals surface area contributed by atoms with E-state index in [1.807, 2.05) is 10.8 Å². The number of thiazole rings is 1. The van der Waals surface area contributed by atoms with Crippen molar-refractivity contribution in [1.29, 1.82) is 0 Å². The summed E-state index contributed by atoms with van der Waals surface area (Å²) in [5.41, 5.74) is 0.676. The van der Waals surface area contributed by atoms with Crippen molar-refractivity contribution in [3.05, 3.63) is 33.7 Å². The Balaban J connectivity index is 2.27. The molecule has 0 fully saturated rings. The van der Waals surface area contributed by atoms with Gasteiger partial charge in [0.2, 0.25) is 0 Å². The average molecular weight is 198 g/mol. The number of aliphatic hydroxyl groups is 1. The number of hydrogen-bond acceptors (Lipinski definition) is 5. The third-order valence-electron chi connectivity index (χ3n) is 1.42. The maximum Gasteiger partial charge on any atom is 0.148 e. The predicted octanol–water partition coefficient (Wildman–Crippen LogP) is 1.68. The summed E-state index contributed by atoms with van der Waals surface area (Å²) >= 11 is 2.76. The molecule has 5 heteroatoms. The largest absolute Gasteiger partial charge is 0.379 e. The van der Waals surface area contributed by atoms with Crippen LogP contribution in [0.15, 0.2) is 23.0 Å². The molecule has 62 valence electrons. The molecule has 1 unspecified atom stereocenters. The summed E-state index contributed by atoms with van der Waals surface area (Å²) in [4.78, 5) is 4.01. The first-order valence-corrected chi connectivity index (χ1v) is 5.07. The lowest BCUT2D eigenvalue weighted by Gasteiger charge is -2.01. The van der Waals surface area contributed by atoms with E-state index >= 15 is 0 Å². The second-order valence-corrected chi connectivity index (χ2v) is 3.79. The van der Waals surface area contributed by atoms with Gasteiger partial charge in [-0.2, -0.15) is 4.37 Å². The van der Waals surface area contributed by atoms with Crippen molar-refractivity contribution >= 4 is 22.9 Å². The van der Waals surface area contributed by atoms with Crippen LogP contribution in [0, 0.1) is 0 Å². The Labute approximate surface area is 77.5 Å². The molecule has 3 nitrogen and oxygen atoms in total. The van der Waals surface area contributed by atoms with Crippen molar-refractivity contribution in [2.45, 2.75) is 6.10 Å². The lowest BCUT2D eigenvalue weighted by Crippen LogP contribution is -1.98. The van der Waals surface area contributed by atoms with Crippen molar-refractivity contribution in [3.8, 4) is 0 Å². The molecule has 0 aliphatic rings. The smallest absolute Gasteiger partial charge is 0.148 e. The van der Waals surface area contributed by atoms with Gasteiger partial charge in [-0.1, -0.05) is 0 Å². The lowest BCUT2D eigenvalue weighted by atomic mass is 10.3. The van der Waals surface area contributed by atoms with E-state index in [4.69, 9.17) is 0 Å². The van der Waals surface area contributed by atoms with Crippen molar-refractivity contribution in [3.63, 3.8) is 0 Å². The summed E-state index contributed by atoms with van der Waals surface area (Å²) in [5.74, 6) is 0. The van der Waals surface area contributed by atoms with E-state index in [9.17, 15) is 5.11 Å². The zero-order valence-electron chi connectivity index (χ0n) is 6.04. The maximum atomic E-state index is 9.66. The van der Waals surface area contributed by atoms with Crippen molar-refractivity contribution in [1.82, 2.24) is 9.36 Å². The van der Waals surface area contributed by atoms with Crippen molar-refractivity contribution < 1.29 is 5.11 Å². The van der Waals surface area contributed by atoms with Crippen LogP contribution in [-0.2, 0) is 0 Å². The molecule has 0 saturated heterocycles. The van der Waals surface area contributed by atoms with Gasteiger partial charge in [-0.05, 0) is 17.6 Å². The molecule has 1 atom stereocenters. The molecule has 0 amide bonds. The fraction of sp³-hybridized carbons (Fsp3) is 0.143.